The molecule has 0 radical (unpaired) electrons. The highest BCUT2D eigenvalue weighted by atomic mass is 35.5. The Morgan fingerprint density at radius 2 is 2.11 bits per heavy atom. The highest BCUT2D eigenvalue weighted by molar-refractivity contribution is 5.97. The maximum atomic E-state index is 11.9. The van der Waals surface area contributed by atoms with Crippen molar-refractivity contribution in [3.8, 4) is 0 Å². The van der Waals surface area contributed by atoms with Crippen molar-refractivity contribution in [1.29, 1.82) is 0 Å². The lowest BCUT2D eigenvalue weighted by molar-refractivity contribution is -0.120. The van der Waals surface area contributed by atoms with Crippen LogP contribution in [0.1, 0.15) is 32.4 Å². The second-order valence-corrected chi connectivity index (χ2v) is 4.26. The number of carbonyl (C=O) groups is 1. The number of nitrogens with one attached hydrogen (secondary N) is 1. The van der Waals surface area contributed by atoms with E-state index in [2.05, 4.69) is 10.3 Å². The summed E-state index contributed by atoms with van der Waals surface area (Å²) in [6, 6.07) is 3.61. The molecule has 1 atom stereocenters. The monoisotopic (exact) mass is 293 g/mol. The fourth-order valence-electron chi connectivity index (χ4n) is 1.51. The topological polar surface area (TPSA) is 68.0 Å². The van der Waals surface area contributed by atoms with Crippen LogP contribution < -0.4 is 11.1 Å². The molecular formula is C12H21Cl2N3O. The minimum atomic E-state index is -0.822. The first-order valence-electron chi connectivity index (χ1n) is 5.49. The lowest BCUT2D eigenvalue weighted by Gasteiger charge is -2.23. The van der Waals surface area contributed by atoms with Crippen LogP contribution in [0.5, 0.6) is 0 Å². The Morgan fingerprint density at radius 1 is 1.50 bits per heavy atom. The normalized spacial score (nSPS) is 12.7. The van der Waals surface area contributed by atoms with Gasteiger partial charge in [-0.05, 0) is 32.4 Å². The number of nitrogens with two attached hydrogens (primary N) is 1. The number of aromatic nitrogens is 1. The van der Waals surface area contributed by atoms with Crippen molar-refractivity contribution >= 4 is 36.4 Å². The SMILES string of the molecule is CCCC(C)(N)C(=O)Nc1cccnc1C.Cl.Cl. The quantitative estimate of drug-likeness (QED) is 0.897. The van der Waals surface area contributed by atoms with Crippen molar-refractivity contribution in [3.05, 3.63) is 24.0 Å². The van der Waals surface area contributed by atoms with Gasteiger partial charge in [0.2, 0.25) is 5.91 Å². The summed E-state index contributed by atoms with van der Waals surface area (Å²) in [6.45, 7) is 5.61. The number of nitrogens with zero attached hydrogens (tertiary/aromatic N) is 1. The number of pyridine rings is 1. The maximum Gasteiger partial charge on any atom is 0.244 e. The Labute approximate surface area is 121 Å². The number of carbonyl (C=O) groups excluding carboxylic acids is 1. The van der Waals surface area contributed by atoms with Crippen molar-refractivity contribution < 1.29 is 4.79 Å². The van der Waals surface area contributed by atoms with Crippen LogP contribution in [0.15, 0.2) is 18.3 Å². The van der Waals surface area contributed by atoms with E-state index in [0.29, 0.717) is 6.42 Å². The van der Waals surface area contributed by atoms with Crippen LogP contribution >= 0.6 is 24.8 Å². The third-order valence-electron chi connectivity index (χ3n) is 2.54. The zero-order valence-corrected chi connectivity index (χ0v) is 12.5. The summed E-state index contributed by atoms with van der Waals surface area (Å²) in [7, 11) is 0. The predicted molar refractivity (Wildman–Crippen MR) is 79.6 cm³/mol. The van der Waals surface area contributed by atoms with Crippen molar-refractivity contribution in [2.75, 3.05) is 5.32 Å². The van der Waals surface area contributed by atoms with Crippen LogP contribution in [-0.2, 0) is 4.79 Å². The number of aryl methyl sites for hydroxylation is 1. The molecule has 0 spiro atoms. The van der Waals surface area contributed by atoms with Gasteiger partial charge in [0, 0.05) is 6.20 Å². The molecule has 3 N–H and O–H groups in total. The van der Waals surface area contributed by atoms with Gasteiger partial charge in [-0.25, -0.2) is 0 Å². The van der Waals surface area contributed by atoms with Crippen LogP contribution in [0.2, 0.25) is 0 Å². The van der Waals surface area contributed by atoms with Crippen LogP contribution in [-0.4, -0.2) is 16.4 Å². The van der Waals surface area contributed by atoms with Gasteiger partial charge in [0.15, 0.2) is 0 Å². The molecule has 1 aromatic heterocycles. The Hall–Kier alpha value is -0.840. The van der Waals surface area contributed by atoms with Gasteiger partial charge in [-0.2, -0.15) is 0 Å². The Kier molecular flexibility index (Phi) is 8.99. The highest BCUT2D eigenvalue weighted by Crippen LogP contribution is 2.15. The summed E-state index contributed by atoms with van der Waals surface area (Å²) < 4.78 is 0. The lowest BCUT2D eigenvalue weighted by Crippen LogP contribution is -2.48. The van der Waals surface area contributed by atoms with E-state index in [0.717, 1.165) is 17.8 Å². The van der Waals surface area contributed by atoms with E-state index in [9.17, 15) is 4.79 Å². The number of halogens is 2. The van der Waals surface area contributed by atoms with E-state index in [4.69, 9.17) is 5.73 Å². The number of rotatable bonds is 4. The molecular weight excluding hydrogens is 273 g/mol. The summed E-state index contributed by atoms with van der Waals surface area (Å²) in [5.41, 5.74) is 6.63. The second kappa shape index (κ2) is 8.29. The van der Waals surface area contributed by atoms with E-state index in [1.165, 1.54) is 0 Å². The largest absolute Gasteiger partial charge is 0.323 e. The van der Waals surface area contributed by atoms with Crippen LogP contribution in [0.25, 0.3) is 0 Å². The van der Waals surface area contributed by atoms with Crippen LogP contribution in [0, 0.1) is 6.92 Å². The zero-order chi connectivity index (χ0) is 12.2. The summed E-state index contributed by atoms with van der Waals surface area (Å²) in [5, 5.41) is 2.81. The predicted octanol–water partition coefficient (Wildman–Crippen LogP) is 2.69. The van der Waals surface area contributed by atoms with Gasteiger partial charge in [-0.15, -0.1) is 24.8 Å². The molecule has 0 fully saturated rings. The molecule has 1 amide bonds. The number of hydrogen-bond acceptors (Lipinski definition) is 3. The molecule has 0 saturated carbocycles. The van der Waals surface area contributed by atoms with E-state index in [1.54, 1.807) is 19.2 Å². The van der Waals surface area contributed by atoms with Crippen molar-refractivity contribution in [3.63, 3.8) is 0 Å². The minimum absolute atomic E-state index is 0. The summed E-state index contributed by atoms with van der Waals surface area (Å²) >= 11 is 0. The first-order chi connectivity index (χ1) is 7.47. The fraction of sp³-hybridized carbons (Fsp3) is 0.500. The molecule has 1 unspecified atom stereocenters. The fourth-order valence-corrected chi connectivity index (χ4v) is 1.51. The minimum Gasteiger partial charge on any atom is -0.323 e. The maximum absolute atomic E-state index is 11.9. The molecule has 0 aliphatic carbocycles. The van der Waals surface area contributed by atoms with Gasteiger partial charge < -0.3 is 11.1 Å². The molecule has 0 saturated heterocycles. The van der Waals surface area contributed by atoms with E-state index >= 15 is 0 Å². The van der Waals surface area contributed by atoms with E-state index < -0.39 is 5.54 Å². The molecule has 1 heterocycles. The summed E-state index contributed by atoms with van der Waals surface area (Å²) in [5.74, 6) is -0.162. The summed E-state index contributed by atoms with van der Waals surface area (Å²) in [6.07, 6.45) is 3.24. The van der Waals surface area contributed by atoms with E-state index in [-0.39, 0.29) is 30.7 Å². The standard InChI is InChI=1S/C12H19N3O.2ClH/c1-4-7-12(3,13)11(16)15-10-6-5-8-14-9(10)2;;/h5-6,8H,4,7,13H2,1-3H3,(H,15,16);2*1H. The zero-order valence-electron chi connectivity index (χ0n) is 10.9. The van der Waals surface area contributed by atoms with Crippen LogP contribution in [0.3, 0.4) is 0 Å². The van der Waals surface area contributed by atoms with E-state index in [1.807, 2.05) is 19.9 Å². The Balaban J connectivity index is 0. The van der Waals surface area contributed by atoms with Gasteiger partial charge in [-0.3, -0.25) is 9.78 Å². The van der Waals surface area contributed by atoms with Crippen LogP contribution in [0.4, 0.5) is 5.69 Å². The van der Waals surface area contributed by atoms with Crippen molar-refractivity contribution in [1.82, 2.24) is 4.98 Å². The molecule has 1 rings (SSSR count). The van der Waals surface area contributed by atoms with Gasteiger partial charge in [-0.1, -0.05) is 13.3 Å². The second-order valence-electron chi connectivity index (χ2n) is 4.26. The molecule has 4 nitrogen and oxygen atoms in total. The average molecular weight is 294 g/mol. The smallest absolute Gasteiger partial charge is 0.244 e. The molecule has 104 valence electrons. The highest BCUT2D eigenvalue weighted by Gasteiger charge is 2.27. The lowest BCUT2D eigenvalue weighted by atomic mass is 9.96. The van der Waals surface area contributed by atoms with Gasteiger partial charge in [0.25, 0.3) is 0 Å². The number of anilines is 1. The third-order valence-corrected chi connectivity index (χ3v) is 2.54. The molecule has 0 aromatic carbocycles. The summed E-state index contributed by atoms with van der Waals surface area (Å²) in [4.78, 5) is 16.0. The molecule has 0 bridgehead atoms. The Morgan fingerprint density at radius 3 is 2.61 bits per heavy atom. The molecule has 0 aliphatic rings. The molecule has 1 aromatic rings. The van der Waals surface area contributed by atoms with Gasteiger partial charge >= 0.3 is 0 Å². The first-order valence-corrected chi connectivity index (χ1v) is 5.49. The van der Waals surface area contributed by atoms with Gasteiger partial charge in [0.1, 0.15) is 0 Å². The van der Waals surface area contributed by atoms with Crippen molar-refractivity contribution in [2.45, 2.75) is 39.2 Å². The van der Waals surface area contributed by atoms with Crippen molar-refractivity contribution in [2.24, 2.45) is 5.73 Å². The molecule has 6 heteroatoms. The number of amides is 1. The molecule has 0 aliphatic heterocycles. The number of hydrogen-bond donors (Lipinski definition) is 2. The van der Waals surface area contributed by atoms with Gasteiger partial charge in [0.05, 0.1) is 16.9 Å². The molecule has 18 heavy (non-hydrogen) atoms. The Bertz CT molecular complexity index is 383. The first kappa shape index (κ1) is 19.5. The average Bonchev–Trinajstić information content (AvgIpc) is 2.21. The third kappa shape index (κ3) is 5.21.